The van der Waals surface area contributed by atoms with Crippen LogP contribution in [-0.2, 0) is 19.1 Å². The zero-order chi connectivity index (χ0) is 31.5. The van der Waals surface area contributed by atoms with Gasteiger partial charge in [0.2, 0.25) is 0 Å². The fraction of sp³-hybridized carbons (Fsp3) is 0.632. The Kier molecular flexibility index (Phi) is 31.7. The maximum Gasteiger partial charge on any atom is 0.306 e. The van der Waals surface area contributed by atoms with E-state index in [1.165, 1.54) is 19.3 Å². The number of allylic oxidation sites excluding steroid dienone is 12. The fourth-order valence-corrected chi connectivity index (χ4v) is 4.20. The molecule has 0 aliphatic heterocycles. The maximum absolute atomic E-state index is 12.1. The van der Waals surface area contributed by atoms with Gasteiger partial charge in [-0.25, -0.2) is 0 Å². The number of esters is 2. The summed E-state index contributed by atoms with van der Waals surface area (Å²) in [6.07, 6.45) is 44.1. The smallest absolute Gasteiger partial charge is 0.306 e. The van der Waals surface area contributed by atoms with Crippen LogP contribution in [0.15, 0.2) is 72.9 Å². The number of carbonyl (C=O) groups is 2. The van der Waals surface area contributed by atoms with Crippen LogP contribution in [0.1, 0.15) is 136 Å². The minimum atomic E-state index is -0.783. The van der Waals surface area contributed by atoms with E-state index < -0.39 is 6.10 Å². The lowest BCUT2D eigenvalue weighted by atomic mass is 10.1. The zero-order valence-corrected chi connectivity index (χ0v) is 27.4. The molecule has 0 saturated carbocycles. The minimum Gasteiger partial charge on any atom is -0.462 e. The molecule has 0 spiro atoms. The molecule has 0 aromatic rings. The SMILES string of the molecule is CC/C=C\C/C=C\C/C=C\C/C=C\C/C=C\C/C=C\CCCCCCC(=O)OC(CO)COC(=O)CCCCCCCC. The number of rotatable bonds is 29. The van der Waals surface area contributed by atoms with Crippen molar-refractivity contribution in [1.82, 2.24) is 0 Å². The third-order valence-corrected chi connectivity index (χ3v) is 6.76. The molecule has 244 valence electrons. The van der Waals surface area contributed by atoms with Gasteiger partial charge in [-0.1, -0.05) is 132 Å². The van der Waals surface area contributed by atoms with Gasteiger partial charge >= 0.3 is 11.9 Å². The van der Waals surface area contributed by atoms with E-state index in [9.17, 15) is 14.7 Å². The normalized spacial score (nSPS) is 13.1. The van der Waals surface area contributed by atoms with Crippen molar-refractivity contribution in [2.24, 2.45) is 0 Å². The highest BCUT2D eigenvalue weighted by Crippen LogP contribution is 2.10. The van der Waals surface area contributed by atoms with Crippen LogP contribution >= 0.6 is 0 Å². The van der Waals surface area contributed by atoms with Gasteiger partial charge in [-0.15, -0.1) is 0 Å². The molecule has 0 aromatic heterocycles. The van der Waals surface area contributed by atoms with Gasteiger partial charge in [0.05, 0.1) is 6.61 Å². The van der Waals surface area contributed by atoms with Gasteiger partial charge < -0.3 is 14.6 Å². The number of ether oxygens (including phenoxy) is 2. The summed E-state index contributed by atoms with van der Waals surface area (Å²) in [7, 11) is 0. The van der Waals surface area contributed by atoms with Crippen molar-refractivity contribution in [2.75, 3.05) is 13.2 Å². The number of aliphatic hydroxyl groups is 1. The van der Waals surface area contributed by atoms with E-state index in [2.05, 4.69) is 86.8 Å². The summed E-state index contributed by atoms with van der Waals surface area (Å²) < 4.78 is 10.5. The van der Waals surface area contributed by atoms with Crippen LogP contribution in [0.4, 0.5) is 0 Å². The van der Waals surface area contributed by atoms with Gasteiger partial charge in [0, 0.05) is 12.8 Å². The molecule has 0 amide bonds. The topological polar surface area (TPSA) is 72.8 Å². The van der Waals surface area contributed by atoms with Crippen molar-refractivity contribution < 1.29 is 24.2 Å². The Hall–Kier alpha value is -2.66. The standard InChI is InChI=1S/C38H62O5/c1-3-5-7-9-11-12-13-14-15-16-17-18-19-20-21-22-23-24-25-26-27-29-31-33-38(41)43-36(34-39)35-42-37(40)32-30-28-10-8-6-4-2/h5,7,11-12,14-15,17-18,20-21,23-24,36,39H,3-4,6,8-10,13,16,19,22,25-35H2,1-2H3/b7-5-,12-11-,15-14-,18-17-,21-20-,24-23-. The van der Waals surface area contributed by atoms with E-state index in [1.807, 2.05) is 0 Å². The highest BCUT2D eigenvalue weighted by atomic mass is 16.6. The molecular weight excluding hydrogens is 536 g/mol. The number of hydrogen-bond acceptors (Lipinski definition) is 5. The summed E-state index contributed by atoms with van der Waals surface area (Å²) in [6.45, 7) is 3.91. The van der Waals surface area contributed by atoms with E-state index >= 15 is 0 Å². The number of carbonyl (C=O) groups excluding carboxylic acids is 2. The third kappa shape index (κ3) is 32.1. The van der Waals surface area contributed by atoms with Crippen LogP contribution < -0.4 is 0 Å². The number of unbranched alkanes of at least 4 members (excludes halogenated alkanes) is 9. The molecule has 0 aromatic carbocycles. The van der Waals surface area contributed by atoms with Crippen LogP contribution in [-0.4, -0.2) is 36.4 Å². The highest BCUT2D eigenvalue weighted by molar-refractivity contribution is 5.70. The maximum atomic E-state index is 12.1. The predicted molar refractivity (Wildman–Crippen MR) is 182 cm³/mol. The Labute approximate surface area is 263 Å². The Bertz CT molecular complexity index is 818. The Morgan fingerprint density at radius 1 is 0.558 bits per heavy atom. The molecule has 1 unspecified atom stereocenters. The summed E-state index contributed by atoms with van der Waals surface area (Å²) >= 11 is 0. The van der Waals surface area contributed by atoms with Crippen molar-refractivity contribution in [3.63, 3.8) is 0 Å². The lowest BCUT2D eigenvalue weighted by Gasteiger charge is -2.15. The number of aliphatic hydroxyl groups excluding tert-OH is 1. The first kappa shape index (κ1) is 40.3. The van der Waals surface area contributed by atoms with Crippen molar-refractivity contribution in [3.05, 3.63) is 72.9 Å². The monoisotopic (exact) mass is 598 g/mol. The molecule has 5 nitrogen and oxygen atoms in total. The Morgan fingerprint density at radius 3 is 1.51 bits per heavy atom. The molecule has 43 heavy (non-hydrogen) atoms. The zero-order valence-electron chi connectivity index (χ0n) is 27.4. The summed E-state index contributed by atoms with van der Waals surface area (Å²) in [6, 6.07) is 0. The molecule has 0 rings (SSSR count). The molecule has 5 heteroatoms. The van der Waals surface area contributed by atoms with Crippen LogP contribution in [0.2, 0.25) is 0 Å². The average Bonchev–Trinajstić information content (AvgIpc) is 3.01. The predicted octanol–water partition coefficient (Wildman–Crippen LogP) is 10.2. The number of hydrogen-bond donors (Lipinski definition) is 1. The average molecular weight is 599 g/mol. The van der Waals surface area contributed by atoms with Crippen molar-refractivity contribution in [1.29, 1.82) is 0 Å². The molecular formula is C38H62O5. The summed E-state index contributed by atoms with van der Waals surface area (Å²) in [5, 5.41) is 9.45. The fourth-order valence-electron chi connectivity index (χ4n) is 4.20. The van der Waals surface area contributed by atoms with Crippen LogP contribution in [0, 0.1) is 0 Å². The molecule has 0 bridgehead atoms. The molecule has 0 heterocycles. The second kappa shape index (κ2) is 33.8. The second-order valence-electron chi connectivity index (χ2n) is 10.9. The van der Waals surface area contributed by atoms with E-state index in [-0.39, 0.29) is 25.2 Å². The molecule has 0 aliphatic carbocycles. The Balaban J connectivity index is 3.68. The van der Waals surface area contributed by atoms with Gasteiger partial charge in [0.15, 0.2) is 6.10 Å². The van der Waals surface area contributed by atoms with E-state index in [0.29, 0.717) is 12.8 Å². The second-order valence-corrected chi connectivity index (χ2v) is 10.9. The molecule has 1 N–H and O–H groups in total. The summed E-state index contributed by atoms with van der Waals surface area (Å²) in [4.78, 5) is 23.9. The lowest BCUT2D eigenvalue weighted by Crippen LogP contribution is -2.28. The van der Waals surface area contributed by atoms with Crippen molar-refractivity contribution in [3.8, 4) is 0 Å². The minimum absolute atomic E-state index is 0.0805. The van der Waals surface area contributed by atoms with Crippen LogP contribution in [0.3, 0.4) is 0 Å². The molecule has 0 radical (unpaired) electrons. The summed E-state index contributed by atoms with van der Waals surface area (Å²) in [5.74, 6) is -0.639. The van der Waals surface area contributed by atoms with E-state index in [0.717, 1.165) is 89.9 Å². The van der Waals surface area contributed by atoms with Crippen molar-refractivity contribution >= 4 is 11.9 Å². The quantitative estimate of drug-likeness (QED) is 0.0527. The van der Waals surface area contributed by atoms with E-state index in [4.69, 9.17) is 9.47 Å². The highest BCUT2D eigenvalue weighted by Gasteiger charge is 2.16. The molecule has 0 fully saturated rings. The van der Waals surface area contributed by atoms with Gasteiger partial charge in [-0.2, -0.15) is 0 Å². The summed E-state index contributed by atoms with van der Waals surface area (Å²) in [5.41, 5.74) is 0. The van der Waals surface area contributed by atoms with Gasteiger partial charge in [0.25, 0.3) is 0 Å². The molecule has 0 saturated heterocycles. The molecule has 0 aliphatic rings. The van der Waals surface area contributed by atoms with Crippen molar-refractivity contribution in [2.45, 2.75) is 142 Å². The van der Waals surface area contributed by atoms with Crippen LogP contribution in [0.25, 0.3) is 0 Å². The first-order valence-corrected chi connectivity index (χ1v) is 17.0. The first-order valence-electron chi connectivity index (χ1n) is 17.0. The van der Waals surface area contributed by atoms with Crippen LogP contribution in [0.5, 0.6) is 0 Å². The van der Waals surface area contributed by atoms with E-state index in [1.54, 1.807) is 0 Å². The first-order chi connectivity index (χ1) is 21.1. The molecule has 1 atom stereocenters. The van der Waals surface area contributed by atoms with Gasteiger partial charge in [0.1, 0.15) is 6.61 Å². The van der Waals surface area contributed by atoms with Gasteiger partial charge in [-0.05, 0) is 64.2 Å². The lowest BCUT2D eigenvalue weighted by molar-refractivity contribution is -0.161. The Morgan fingerprint density at radius 2 is 1.00 bits per heavy atom. The largest absolute Gasteiger partial charge is 0.462 e. The third-order valence-electron chi connectivity index (χ3n) is 6.76. The van der Waals surface area contributed by atoms with Gasteiger partial charge in [-0.3, -0.25) is 9.59 Å².